The number of thiophene rings is 1. The summed E-state index contributed by atoms with van der Waals surface area (Å²) in [6, 6.07) is 4.39. The Morgan fingerprint density at radius 1 is 1.12 bits per heavy atom. The molecule has 4 saturated carbocycles. The molecule has 1 aromatic rings. The fourth-order valence-corrected chi connectivity index (χ4v) is 6.56. The molecule has 0 saturated heterocycles. The van der Waals surface area contributed by atoms with Gasteiger partial charge in [-0.3, -0.25) is 0 Å². The van der Waals surface area contributed by atoms with Crippen molar-refractivity contribution in [2.24, 2.45) is 23.2 Å². The fourth-order valence-electron chi connectivity index (χ4n) is 5.23. The molecule has 4 fully saturated rings. The third kappa shape index (κ3) is 1.62. The summed E-state index contributed by atoms with van der Waals surface area (Å²) in [6.45, 7) is 0. The average molecular weight is 267 g/mol. The predicted molar refractivity (Wildman–Crippen MR) is 73.5 cm³/mol. The molecule has 0 spiro atoms. The highest BCUT2D eigenvalue weighted by molar-refractivity contribution is 7.10. The molecule has 17 heavy (non-hydrogen) atoms. The molecule has 1 aromatic heterocycles. The summed E-state index contributed by atoms with van der Waals surface area (Å²) in [7, 11) is 0. The van der Waals surface area contributed by atoms with E-state index in [1.165, 1.54) is 43.4 Å². The minimum Gasteiger partial charge on any atom is -0.147 e. The third-order valence-electron chi connectivity index (χ3n) is 5.42. The molecule has 0 nitrogen and oxygen atoms in total. The van der Waals surface area contributed by atoms with Crippen molar-refractivity contribution in [2.45, 2.75) is 43.9 Å². The van der Waals surface area contributed by atoms with Crippen molar-refractivity contribution in [3.05, 3.63) is 22.4 Å². The van der Waals surface area contributed by atoms with Gasteiger partial charge in [0.05, 0.1) is 5.38 Å². The standard InChI is InChI=1S/C15H19ClS/c16-14(13-2-1-3-17-13)15-7-10-4-11(8-15)6-12(5-10)9-15/h1-3,10-12,14H,4-9H2. The van der Waals surface area contributed by atoms with Gasteiger partial charge in [-0.2, -0.15) is 0 Å². The van der Waals surface area contributed by atoms with Crippen LogP contribution in [0.3, 0.4) is 0 Å². The molecule has 5 rings (SSSR count). The van der Waals surface area contributed by atoms with E-state index in [-0.39, 0.29) is 5.38 Å². The van der Waals surface area contributed by atoms with E-state index in [0.29, 0.717) is 5.41 Å². The summed E-state index contributed by atoms with van der Waals surface area (Å²) in [5, 5.41) is 2.46. The van der Waals surface area contributed by atoms with E-state index < -0.39 is 0 Å². The molecule has 0 N–H and O–H groups in total. The van der Waals surface area contributed by atoms with Gasteiger partial charge >= 0.3 is 0 Å². The second kappa shape index (κ2) is 3.74. The maximum atomic E-state index is 6.88. The summed E-state index contributed by atoms with van der Waals surface area (Å²) < 4.78 is 0. The Labute approximate surface area is 112 Å². The first-order valence-corrected chi connectivity index (χ1v) is 8.24. The Morgan fingerprint density at radius 3 is 2.18 bits per heavy atom. The molecule has 4 aliphatic rings. The lowest BCUT2D eigenvalue weighted by Gasteiger charge is -2.58. The predicted octanol–water partition coefficient (Wildman–Crippen LogP) is 5.24. The quantitative estimate of drug-likeness (QED) is 0.642. The van der Waals surface area contributed by atoms with Crippen LogP contribution in [-0.2, 0) is 0 Å². The lowest BCUT2D eigenvalue weighted by molar-refractivity contribution is -0.0547. The topological polar surface area (TPSA) is 0 Å². The van der Waals surface area contributed by atoms with Gasteiger partial charge in [-0.05, 0) is 73.1 Å². The van der Waals surface area contributed by atoms with Crippen LogP contribution in [0.1, 0.15) is 48.8 Å². The maximum absolute atomic E-state index is 6.88. The van der Waals surface area contributed by atoms with Crippen LogP contribution in [0.15, 0.2) is 17.5 Å². The van der Waals surface area contributed by atoms with Gasteiger partial charge in [0.25, 0.3) is 0 Å². The van der Waals surface area contributed by atoms with Crippen LogP contribution in [0.4, 0.5) is 0 Å². The van der Waals surface area contributed by atoms with Crippen LogP contribution in [-0.4, -0.2) is 0 Å². The zero-order valence-corrected chi connectivity index (χ0v) is 11.6. The Kier molecular flexibility index (Phi) is 2.39. The van der Waals surface area contributed by atoms with Crippen LogP contribution >= 0.6 is 22.9 Å². The van der Waals surface area contributed by atoms with E-state index in [1.807, 2.05) is 11.3 Å². The van der Waals surface area contributed by atoms with Gasteiger partial charge in [-0.1, -0.05) is 6.07 Å². The molecule has 0 radical (unpaired) electrons. The molecule has 2 heteroatoms. The molecule has 1 unspecified atom stereocenters. The van der Waals surface area contributed by atoms with Crippen molar-refractivity contribution in [3.8, 4) is 0 Å². The third-order valence-corrected chi connectivity index (χ3v) is 7.18. The smallest absolute Gasteiger partial charge is 0.0734 e. The SMILES string of the molecule is ClC(c1cccs1)C12CC3CC(CC(C3)C1)C2. The van der Waals surface area contributed by atoms with Crippen LogP contribution < -0.4 is 0 Å². The van der Waals surface area contributed by atoms with E-state index in [1.54, 1.807) is 0 Å². The molecular weight excluding hydrogens is 248 g/mol. The number of hydrogen-bond donors (Lipinski definition) is 0. The Bertz CT molecular complexity index is 373. The zero-order chi connectivity index (χ0) is 11.5. The van der Waals surface area contributed by atoms with Crippen molar-refractivity contribution in [1.29, 1.82) is 0 Å². The van der Waals surface area contributed by atoms with E-state index >= 15 is 0 Å². The molecule has 4 bridgehead atoms. The fraction of sp³-hybridized carbons (Fsp3) is 0.733. The summed E-state index contributed by atoms with van der Waals surface area (Å²) in [4.78, 5) is 1.41. The van der Waals surface area contributed by atoms with E-state index in [2.05, 4.69) is 17.5 Å². The normalized spacial score (nSPS) is 45.1. The number of rotatable bonds is 2. The molecule has 0 amide bonds. The van der Waals surface area contributed by atoms with Gasteiger partial charge in [0.15, 0.2) is 0 Å². The lowest BCUT2D eigenvalue weighted by atomic mass is 9.48. The highest BCUT2D eigenvalue weighted by Gasteiger charge is 2.54. The van der Waals surface area contributed by atoms with Gasteiger partial charge < -0.3 is 0 Å². The van der Waals surface area contributed by atoms with E-state index in [9.17, 15) is 0 Å². The highest BCUT2D eigenvalue weighted by Crippen LogP contribution is 2.65. The van der Waals surface area contributed by atoms with Crippen molar-refractivity contribution in [1.82, 2.24) is 0 Å². The summed E-state index contributed by atoms with van der Waals surface area (Å²) in [6.07, 6.45) is 8.75. The second-order valence-electron chi connectivity index (χ2n) is 6.66. The van der Waals surface area contributed by atoms with Crippen LogP contribution in [0, 0.1) is 23.2 Å². The van der Waals surface area contributed by atoms with Crippen molar-refractivity contribution in [3.63, 3.8) is 0 Å². The molecule has 92 valence electrons. The molecular formula is C15H19ClS. The Hall–Kier alpha value is -0.0100. The number of halogens is 1. The van der Waals surface area contributed by atoms with Gasteiger partial charge in [-0.25, -0.2) is 0 Å². The maximum Gasteiger partial charge on any atom is 0.0734 e. The highest BCUT2D eigenvalue weighted by atomic mass is 35.5. The molecule has 4 aliphatic carbocycles. The largest absolute Gasteiger partial charge is 0.147 e. The number of alkyl halides is 1. The van der Waals surface area contributed by atoms with Crippen LogP contribution in [0.25, 0.3) is 0 Å². The van der Waals surface area contributed by atoms with Crippen molar-refractivity contribution < 1.29 is 0 Å². The monoisotopic (exact) mass is 266 g/mol. The minimum absolute atomic E-state index is 0.288. The van der Waals surface area contributed by atoms with E-state index in [4.69, 9.17) is 11.6 Å². The van der Waals surface area contributed by atoms with Crippen LogP contribution in [0.5, 0.6) is 0 Å². The first-order chi connectivity index (χ1) is 8.25. The van der Waals surface area contributed by atoms with Gasteiger partial charge in [0, 0.05) is 4.88 Å². The first-order valence-electron chi connectivity index (χ1n) is 6.93. The summed E-state index contributed by atoms with van der Waals surface area (Å²) >= 11 is 8.73. The van der Waals surface area contributed by atoms with Gasteiger partial charge in [0.2, 0.25) is 0 Å². The number of hydrogen-bond acceptors (Lipinski definition) is 1. The zero-order valence-electron chi connectivity index (χ0n) is 10.1. The summed E-state index contributed by atoms with van der Waals surface area (Å²) in [5.74, 6) is 3.01. The minimum atomic E-state index is 0.288. The molecule has 0 aliphatic heterocycles. The first kappa shape index (κ1) is 10.9. The average Bonchev–Trinajstić information content (AvgIpc) is 2.79. The molecule has 1 atom stereocenters. The van der Waals surface area contributed by atoms with Crippen molar-refractivity contribution in [2.75, 3.05) is 0 Å². The van der Waals surface area contributed by atoms with E-state index in [0.717, 1.165) is 17.8 Å². The Balaban J connectivity index is 1.68. The van der Waals surface area contributed by atoms with Gasteiger partial charge in [0.1, 0.15) is 0 Å². The Morgan fingerprint density at radius 2 is 1.71 bits per heavy atom. The second-order valence-corrected chi connectivity index (χ2v) is 8.07. The van der Waals surface area contributed by atoms with Crippen molar-refractivity contribution >= 4 is 22.9 Å². The van der Waals surface area contributed by atoms with Gasteiger partial charge in [-0.15, -0.1) is 22.9 Å². The van der Waals surface area contributed by atoms with Crippen LogP contribution in [0.2, 0.25) is 0 Å². The summed E-state index contributed by atoms with van der Waals surface area (Å²) in [5.41, 5.74) is 0.459. The lowest BCUT2D eigenvalue weighted by Crippen LogP contribution is -2.47. The molecule has 1 heterocycles. The molecule has 0 aromatic carbocycles.